The number of nitrogens with zero attached hydrogens (tertiary/aromatic N) is 1. The molecule has 0 spiro atoms. The lowest BCUT2D eigenvalue weighted by Gasteiger charge is -2.30. The predicted molar refractivity (Wildman–Crippen MR) is 80.9 cm³/mol. The van der Waals surface area contributed by atoms with E-state index in [1.165, 1.54) is 5.56 Å². The predicted octanol–water partition coefficient (Wildman–Crippen LogP) is 3.88. The van der Waals surface area contributed by atoms with Crippen LogP contribution in [0.3, 0.4) is 0 Å². The number of nitriles is 1. The van der Waals surface area contributed by atoms with E-state index in [2.05, 4.69) is 62.5 Å². The summed E-state index contributed by atoms with van der Waals surface area (Å²) in [5.74, 6) is 0. The third-order valence-electron chi connectivity index (χ3n) is 3.57. The summed E-state index contributed by atoms with van der Waals surface area (Å²) < 4.78 is 0. The van der Waals surface area contributed by atoms with Crippen molar-refractivity contribution in [2.45, 2.75) is 52.5 Å². The molecule has 1 aromatic rings. The Morgan fingerprint density at radius 1 is 1.16 bits per heavy atom. The van der Waals surface area contributed by atoms with Crippen molar-refractivity contribution in [1.82, 2.24) is 5.32 Å². The van der Waals surface area contributed by atoms with Gasteiger partial charge in [0, 0.05) is 12.6 Å². The molecule has 1 N–H and O–H groups in total. The van der Waals surface area contributed by atoms with Crippen LogP contribution in [0.15, 0.2) is 30.3 Å². The standard InChI is InChI=1S/C17H26N2/c1-14(19-13-16(2,3)12-18)11-17(4,5)15-9-7-6-8-10-15/h6-10,14,19H,11,13H2,1-5H3. The quantitative estimate of drug-likeness (QED) is 0.840. The summed E-state index contributed by atoms with van der Waals surface area (Å²) in [6.45, 7) is 11.4. The van der Waals surface area contributed by atoms with Gasteiger partial charge in [-0.05, 0) is 38.2 Å². The van der Waals surface area contributed by atoms with Crippen molar-refractivity contribution < 1.29 is 0 Å². The molecule has 0 saturated carbocycles. The largest absolute Gasteiger partial charge is 0.313 e. The summed E-state index contributed by atoms with van der Waals surface area (Å²) in [4.78, 5) is 0. The molecule has 0 heterocycles. The van der Waals surface area contributed by atoms with E-state index in [4.69, 9.17) is 5.26 Å². The highest BCUT2D eigenvalue weighted by molar-refractivity contribution is 5.23. The average molecular weight is 258 g/mol. The minimum Gasteiger partial charge on any atom is -0.313 e. The molecule has 0 bridgehead atoms. The Bertz CT molecular complexity index is 426. The molecular formula is C17H26N2. The highest BCUT2D eigenvalue weighted by Gasteiger charge is 2.24. The number of nitrogens with one attached hydrogen (secondary N) is 1. The third kappa shape index (κ3) is 5.04. The first-order chi connectivity index (χ1) is 8.77. The Labute approximate surface area is 117 Å². The van der Waals surface area contributed by atoms with E-state index in [0.717, 1.165) is 13.0 Å². The first kappa shape index (κ1) is 15.7. The van der Waals surface area contributed by atoms with Crippen LogP contribution < -0.4 is 5.32 Å². The van der Waals surface area contributed by atoms with Crippen LogP contribution in [0.5, 0.6) is 0 Å². The fraction of sp³-hybridized carbons (Fsp3) is 0.588. The van der Waals surface area contributed by atoms with E-state index in [1.54, 1.807) is 0 Å². The molecule has 2 heteroatoms. The molecule has 104 valence electrons. The van der Waals surface area contributed by atoms with Crippen molar-refractivity contribution in [3.63, 3.8) is 0 Å². The van der Waals surface area contributed by atoms with Crippen molar-refractivity contribution in [2.75, 3.05) is 6.54 Å². The van der Waals surface area contributed by atoms with E-state index in [1.807, 2.05) is 13.8 Å². The molecule has 1 rings (SSSR count). The topological polar surface area (TPSA) is 35.8 Å². The Hall–Kier alpha value is -1.33. The van der Waals surface area contributed by atoms with Crippen molar-refractivity contribution in [2.24, 2.45) is 5.41 Å². The first-order valence-electron chi connectivity index (χ1n) is 6.97. The lowest BCUT2D eigenvalue weighted by molar-refractivity contribution is 0.350. The lowest BCUT2D eigenvalue weighted by Crippen LogP contribution is -2.38. The Kier molecular flexibility index (Phi) is 5.14. The van der Waals surface area contributed by atoms with Gasteiger partial charge in [-0.2, -0.15) is 5.26 Å². The van der Waals surface area contributed by atoms with Crippen LogP contribution in [0.4, 0.5) is 0 Å². The van der Waals surface area contributed by atoms with Gasteiger partial charge in [-0.3, -0.25) is 0 Å². The van der Waals surface area contributed by atoms with Crippen LogP contribution in [-0.4, -0.2) is 12.6 Å². The van der Waals surface area contributed by atoms with E-state index in [9.17, 15) is 0 Å². The normalized spacial score (nSPS) is 13.9. The summed E-state index contributed by atoms with van der Waals surface area (Å²) in [5, 5.41) is 12.5. The third-order valence-corrected chi connectivity index (χ3v) is 3.57. The molecule has 1 aromatic carbocycles. The van der Waals surface area contributed by atoms with Crippen LogP contribution in [-0.2, 0) is 5.41 Å². The van der Waals surface area contributed by atoms with Gasteiger partial charge in [0.2, 0.25) is 0 Å². The summed E-state index contributed by atoms with van der Waals surface area (Å²) in [7, 11) is 0. The van der Waals surface area contributed by atoms with Crippen LogP contribution >= 0.6 is 0 Å². The maximum atomic E-state index is 9.03. The molecule has 0 amide bonds. The van der Waals surface area contributed by atoms with Crippen molar-refractivity contribution >= 4 is 0 Å². The van der Waals surface area contributed by atoms with Crippen LogP contribution in [0.25, 0.3) is 0 Å². The van der Waals surface area contributed by atoms with Gasteiger partial charge in [0.15, 0.2) is 0 Å². The number of benzene rings is 1. The lowest BCUT2D eigenvalue weighted by atomic mass is 9.79. The number of rotatable bonds is 6. The number of hydrogen-bond donors (Lipinski definition) is 1. The van der Waals surface area contributed by atoms with Crippen LogP contribution in [0.1, 0.15) is 46.6 Å². The van der Waals surface area contributed by atoms with Gasteiger partial charge in [-0.25, -0.2) is 0 Å². The first-order valence-corrected chi connectivity index (χ1v) is 6.97. The van der Waals surface area contributed by atoms with Crippen molar-refractivity contribution in [1.29, 1.82) is 5.26 Å². The minimum atomic E-state index is -0.300. The molecular weight excluding hydrogens is 232 g/mol. The zero-order valence-electron chi connectivity index (χ0n) is 12.8. The molecule has 1 unspecified atom stereocenters. The van der Waals surface area contributed by atoms with E-state index < -0.39 is 0 Å². The molecule has 2 nitrogen and oxygen atoms in total. The maximum Gasteiger partial charge on any atom is 0.0697 e. The highest BCUT2D eigenvalue weighted by atomic mass is 14.9. The van der Waals surface area contributed by atoms with Gasteiger partial charge in [-0.1, -0.05) is 44.2 Å². The van der Waals surface area contributed by atoms with Crippen molar-refractivity contribution in [3.8, 4) is 6.07 Å². The smallest absolute Gasteiger partial charge is 0.0697 e. The Morgan fingerprint density at radius 3 is 2.26 bits per heavy atom. The summed E-state index contributed by atoms with van der Waals surface area (Å²) in [5.41, 5.74) is 1.21. The molecule has 0 aromatic heterocycles. The van der Waals surface area contributed by atoms with Gasteiger partial charge < -0.3 is 5.32 Å². The molecule has 1 atom stereocenters. The summed E-state index contributed by atoms with van der Waals surface area (Å²) in [6.07, 6.45) is 1.05. The molecule has 19 heavy (non-hydrogen) atoms. The Balaban J connectivity index is 2.57. The second-order valence-electron chi connectivity index (χ2n) is 6.73. The van der Waals surface area contributed by atoms with E-state index in [-0.39, 0.29) is 10.8 Å². The summed E-state index contributed by atoms with van der Waals surface area (Å²) >= 11 is 0. The molecule has 0 radical (unpaired) electrons. The minimum absolute atomic E-state index is 0.143. The fourth-order valence-electron chi connectivity index (χ4n) is 2.31. The van der Waals surface area contributed by atoms with Crippen LogP contribution in [0.2, 0.25) is 0 Å². The van der Waals surface area contributed by atoms with E-state index in [0.29, 0.717) is 6.04 Å². The second kappa shape index (κ2) is 6.21. The highest BCUT2D eigenvalue weighted by Crippen LogP contribution is 2.28. The molecule has 0 aliphatic heterocycles. The molecule has 0 fully saturated rings. The monoisotopic (exact) mass is 258 g/mol. The number of hydrogen-bond acceptors (Lipinski definition) is 2. The zero-order chi connectivity index (χ0) is 14.5. The molecule has 0 aliphatic rings. The zero-order valence-corrected chi connectivity index (χ0v) is 12.8. The van der Waals surface area contributed by atoms with Gasteiger partial charge in [0.1, 0.15) is 0 Å². The van der Waals surface area contributed by atoms with Gasteiger partial charge in [0.25, 0.3) is 0 Å². The molecule has 0 saturated heterocycles. The SMILES string of the molecule is CC(CC(C)(C)c1ccccc1)NCC(C)(C)C#N. The van der Waals surface area contributed by atoms with Crippen LogP contribution in [0, 0.1) is 16.7 Å². The van der Waals surface area contributed by atoms with Crippen molar-refractivity contribution in [3.05, 3.63) is 35.9 Å². The second-order valence-corrected chi connectivity index (χ2v) is 6.73. The Morgan fingerprint density at radius 2 is 1.74 bits per heavy atom. The summed E-state index contributed by atoms with van der Waals surface area (Å²) in [6, 6.07) is 13.3. The van der Waals surface area contributed by atoms with Gasteiger partial charge in [0.05, 0.1) is 11.5 Å². The maximum absolute atomic E-state index is 9.03. The van der Waals surface area contributed by atoms with Gasteiger partial charge >= 0.3 is 0 Å². The fourth-order valence-corrected chi connectivity index (χ4v) is 2.31. The van der Waals surface area contributed by atoms with E-state index >= 15 is 0 Å². The average Bonchev–Trinajstić information content (AvgIpc) is 2.37. The molecule has 0 aliphatic carbocycles. The van der Waals surface area contributed by atoms with Gasteiger partial charge in [-0.15, -0.1) is 0 Å².